The number of carbonyl (C=O) groups is 1. The van der Waals surface area contributed by atoms with Gasteiger partial charge < -0.3 is 23.9 Å². The number of ether oxygens (including phenoxy) is 3. The number of hydrogen-bond acceptors (Lipinski definition) is 6. The van der Waals surface area contributed by atoms with E-state index in [0.29, 0.717) is 24.5 Å². The Hall–Kier alpha value is -2.96. The van der Waals surface area contributed by atoms with Gasteiger partial charge >= 0.3 is 0 Å². The molecule has 0 atom stereocenters. The third-order valence-corrected chi connectivity index (χ3v) is 3.39. The molecule has 0 saturated carbocycles. The van der Waals surface area contributed by atoms with Crippen molar-refractivity contribution < 1.29 is 23.4 Å². The fourth-order valence-electron chi connectivity index (χ4n) is 2.11. The molecular weight excluding hydrogens is 314 g/mol. The minimum Gasteiger partial charge on any atom is -0.493 e. The summed E-state index contributed by atoms with van der Waals surface area (Å²) in [5, 5.41) is 2.69. The second-order valence-corrected chi connectivity index (χ2v) is 4.87. The molecule has 0 saturated heterocycles. The van der Waals surface area contributed by atoms with Gasteiger partial charge in [-0.1, -0.05) is 6.07 Å². The van der Waals surface area contributed by atoms with E-state index in [0.717, 1.165) is 17.9 Å². The van der Waals surface area contributed by atoms with E-state index < -0.39 is 11.3 Å². The number of amides is 1. The molecule has 7 heteroatoms. The van der Waals surface area contributed by atoms with Crippen molar-refractivity contribution in [2.24, 2.45) is 0 Å². The Balaban J connectivity index is 1.95. The van der Waals surface area contributed by atoms with Crippen LogP contribution in [0.25, 0.3) is 0 Å². The lowest BCUT2D eigenvalue weighted by Gasteiger charge is -2.10. The Morgan fingerprint density at radius 1 is 1.04 bits per heavy atom. The van der Waals surface area contributed by atoms with Gasteiger partial charge in [0, 0.05) is 12.6 Å². The molecule has 0 unspecified atom stereocenters. The molecule has 1 N–H and O–H groups in total. The monoisotopic (exact) mass is 333 g/mol. The smallest absolute Gasteiger partial charge is 0.287 e. The van der Waals surface area contributed by atoms with Crippen LogP contribution in [0.3, 0.4) is 0 Å². The predicted octanol–water partition coefficient (Wildman–Crippen LogP) is 1.64. The van der Waals surface area contributed by atoms with Crippen LogP contribution in [0.1, 0.15) is 16.1 Å². The Morgan fingerprint density at radius 3 is 2.38 bits per heavy atom. The summed E-state index contributed by atoms with van der Waals surface area (Å²) in [6, 6.07) is 6.64. The lowest BCUT2D eigenvalue weighted by Crippen LogP contribution is -2.26. The molecule has 1 aromatic heterocycles. The summed E-state index contributed by atoms with van der Waals surface area (Å²) < 4.78 is 20.3. The van der Waals surface area contributed by atoms with E-state index in [1.807, 2.05) is 12.1 Å². The number of methoxy groups -OCH3 is 3. The van der Waals surface area contributed by atoms with Crippen LogP contribution in [-0.4, -0.2) is 33.8 Å². The maximum absolute atomic E-state index is 12.0. The summed E-state index contributed by atoms with van der Waals surface area (Å²) in [6.07, 6.45) is 1.71. The molecule has 1 amide bonds. The molecule has 24 heavy (non-hydrogen) atoms. The first kappa shape index (κ1) is 17.4. The highest BCUT2D eigenvalue weighted by molar-refractivity contribution is 5.91. The highest BCUT2D eigenvalue weighted by Crippen LogP contribution is 2.27. The minimum absolute atomic E-state index is 0.0527. The van der Waals surface area contributed by atoms with Gasteiger partial charge in [0.25, 0.3) is 5.91 Å². The van der Waals surface area contributed by atoms with Crippen molar-refractivity contribution >= 4 is 5.91 Å². The Morgan fingerprint density at radius 2 is 1.75 bits per heavy atom. The summed E-state index contributed by atoms with van der Waals surface area (Å²) in [6.45, 7) is 0.379. The SMILES string of the molecule is COc1ccc(CCNC(=O)c2cc(=O)c(OC)co2)cc1OC. The zero-order valence-corrected chi connectivity index (χ0v) is 13.8. The van der Waals surface area contributed by atoms with Crippen molar-refractivity contribution in [3.05, 3.63) is 52.1 Å². The standard InChI is InChI=1S/C17H19NO6/c1-21-13-5-4-11(8-14(13)22-2)6-7-18-17(20)15-9-12(19)16(23-3)10-24-15/h4-5,8-10H,6-7H2,1-3H3,(H,18,20). The van der Waals surface area contributed by atoms with Crippen LogP contribution < -0.4 is 25.0 Å². The zero-order chi connectivity index (χ0) is 17.5. The second kappa shape index (κ2) is 8.05. The molecule has 0 radical (unpaired) electrons. The lowest BCUT2D eigenvalue weighted by molar-refractivity contribution is 0.0923. The maximum atomic E-state index is 12.0. The van der Waals surface area contributed by atoms with Crippen molar-refractivity contribution in [1.29, 1.82) is 0 Å². The van der Waals surface area contributed by atoms with E-state index in [4.69, 9.17) is 18.6 Å². The van der Waals surface area contributed by atoms with Crippen molar-refractivity contribution in [1.82, 2.24) is 5.32 Å². The lowest BCUT2D eigenvalue weighted by atomic mass is 10.1. The molecule has 2 rings (SSSR count). The molecule has 128 valence electrons. The molecule has 1 aromatic carbocycles. The molecule has 7 nitrogen and oxygen atoms in total. The van der Waals surface area contributed by atoms with Gasteiger partial charge in [0.1, 0.15) is 6.26 Å². The normalized spacial score (nSPS) is 10.1. The van der Waals surface area contributed by atoms with Gasteiger partial charge in [-0.2, -0.15) is 0 Å². The van der Waals surface area contributed by atoms with E-state index in [1.54, 1.807) is 20.3 Å². The Kier molecular flexibility index (Phi) is 5.83. The van der Waals surface area contributed by atoms with Crippen LogP contribution in [0.2, 0.25) is 0 Å². The predicted molar refractivity (Wildman–Crippen MR) is 87.1 cm³/mol. The van der Waals surface area contributed by atoms with Crippen molar-refractivity contribution in [3.63, 3.8) is 0 Å². The van der Waals surface area contributed by atoms with Gasteiger partial charge in [-0.15, -0.1) is 0 Å². The zero-order valence-electron chi connectivity index (χ0n) is 13.8. The van der Waals surface area contributed by atoms with Gasteiger partial charge in [-0.05, 0) is 24.1 Å². The number of benzene rings is 1. The van der Waals surface area contributed by atoms with E-state index in [1.165, 1.54) is 7.11 Å². The Labute approximate surface area is 139 Å². The van der Waals surface area contributed by atoms with E-state index >= 15 is 0 Å². The topological polar surface area (TPSA) is 87.0 Å². The molecule has 0 aliphatic rings. The highest BCUT2D eigenvalue weighted by atomic mass is 16.5. The van der Waals surface area contributed by atoms with Gasteiger partial charge in [-0.3, -0.25) is 9.59 Å². The third kappa shape index (κ3) is 4.07. The summed E-state index contributed by atoms with van der Waals surface area (Å²) in [5.74, 6) is 0.799. The average molecular weight is 333 g/mol. The van der Waals surface area contributed by atoms with Crippen LogP contribution in [0.4, 0.5) is 0 Å². The van der Waals surface area contributed by atoms with Crippen LogP contribution >= 0.6 is 0 Å². The van der Waals surface area contributed by atoms with Crippen LogP contribution in [0.5, 0.6) is 17.2 Å². The summed E-state index contributed by atoms with van der Waals surface area (Å²) in [7, 11) is 4.49. The fraction of sp³-hybridized carbons (Fsp3) is 0.294. The summed E-state index contributed by atoms with van der Waals surface area (Å²) in [5.41, 5.74) is 0.568. The quantitative estimate of drug-likeness (QED) is 0.829. The molecule has 1 heterocycles. The van der Waals surface area contributed by atoms with Gasteiger partial charge in [0.2, 0.25) is 11.2 Å². The van der Waals surface area contributed by atoms with Gasteiger partial charge in [0.15, 0.2) is 17.3 Å². The third-order valence-electron chi connectivity index (χ3n) is 3.39. The molecule has 0 aliphatic heterocycles. The highest BCUT2D eigenvalue weighted by Gasteiger charge is 2.11. The minimum atomic E-state index is -0.463. The molecule has 0 bridgehead atoms. The van der Waals surface area contributed by atoms with Crippen molar-refractivity contribution in [3.8, 4) is 17.2 Å². The first-order valence-electron chi connectivity index (χ1n) is 7.25. The second-order valence-electron chi connectivity index (χ2n) is 4.87. The molecule has 0 fully saturated rings. The van der Waals surface area contributed by atoms with Crippen LogP contribution in [0, 0.1) is 0 Å². The molecule has 0 spiro atoms. The van der Waals surface area contributed by atoms with Gasteiger partial charge in [0.05, 0.1) is 21.3 Å². The number of nitrogens with one attached hydrogen (secondary N) is 1. The summed E-state index contributed by atoms with van der Waals surface area (Å²) >= 11 is 0. The first-order valence-corrected chi connectivity index (χ1v) is 7.25. The van der Waals surface area contributed by atoms with Crippen LogP contribution in [-0.2, 0) is 6.42 Å². The van der Waals surface area contributed by atoms with Crippen LogP contribution in [0.15, 0.2) is 39.7 Å². The average Bonchev–Trinajstić information content (AvgIpc) is 2.61. The maximum Gasteiger partial charge on any atom is 0.287 e. The fourth-order valence-corrected chi connectivity index (χ4v) is 2.11. The number of carbonyl (C=O) groups excluding carboxylic acids is 1. The van der Waals surface area contributed by atoms with Crippen molar-refractivity contribution in [2.45, 2.75) is 6.42 Å². The first-order chi connectivity index (χ1) is 11.6. The molecule has 2 aromatic rings. The van der Waals surface area contributed by atoms with Gasteiger partial charge in [-0.25, -0.2) is 0 Å². The molecular formula is C17H19NO6. The van der Waals surface area contributed by atoms with Crippen molar-refractivity contribution in [2.75, 3.05) is 27.9 Å². The Bertz CT molecular complexity index is 768. The van der Waals surface area contributed by atoms with E-state index in [-0.39, 0.29) is 11.5 Å². The number of rotatable bonds is 7. The van der Waals surface area contributed by atoms with E-state index in [2.05, 4.69) is 5.32 Å². The largest absolute Gasteiger partial charge is 0.493 e. The summed E-state index contributed by atoms with van der Waals surface area (Å²) in [4.78, 5) is 23.6. The van der Waals surface area contributed by atoms with E-state index in [9.17, 15) is 9.59 Å². The molecule has 0 aliphatic carbocycles. The number of hydrogen-bond donors (Lipinski definition) is 1.